The van der Waals surface area contributed by atoms with Gasteiger partial charge in [0, 0.05) is 0 Å². The van der Waals surface area contributed by atoms with Gasteiger partial charge in [0.2, 0.25) is 0 Å². The highest BCUT2D eigenvalue weighted by molar-refractivity contribution is 6.07. The van der Waals surface area contributed by atoms with Gasteiger partial charge in [-0.25, -0.2) is 0 Å². The molecule has 68 valence electrons. The Morgan fingerprint density at radius 3 is 2.67 bits per heavy atom. The molecule has 1 fully saturated rings. The molecule has 0 heterocycles. The number of nitrogens with two attached hydrogens (primary N) is 1. The molecule has 1 aliphatic rings. The second kappa shape index (κ2) is 3.00. The Morgan fingerprint density at radius 1 is 1.75 bits per heavy atom. The molecule has 0 bridgehead atoms. The van der Waals surface area contributed by atoms with Crippen LogP contribution in [-0.2, 0) is 9.53 Å². The lowest BCUT2D eigenvalue weighted by molar-refractivity contribution is -0.146. The number of esters is 1. The van der Waals surface area contributed by atoms with Crippen LogP contribution in [0.15, 0.2) is 5.16 Å². The molecule has 5 nitrogen and oxygen atoms in total. The minimum Gasteiger partial charge on any atom is -0.465 e. The molecule has 0 aromatic rings. The van der Waals surface area contributed by atoms with E-state index in [1.54, 1.807) is 6.92 Å². The van der Waals surface area contributed by atoms with Crippen LogP contribution in [0.1, 0.15) is 19.8 Å². The first kappa shape index (κ1) is 8.83. The van der Waals surface area contributed by atoms with Gasteiger partial charge in [-0.2, -0.15) is 0 Å². The summed E-state index contributed by atoms with van der Waals surface area (Å²) in [6.07, 6.45) is 1.23. The molecule has 0 aliphatic heterocycles. The molecule has 5 heteroatoms. The van der Waals surface area contributed by atoms with Crippen LogP contribution in [0.5, 0.6) is 0 Å². The van der Waals surface area contributed by atoms with Crippen molar-refractivity contribution in [3.05, 3.63) is 0 Å². The maximum atomic E-state index is 11.2. The SMILES string of the molecule is CCOC(=O)C1(/C(N)=N/O)CC1. The van der Waals surface area contributed by atoms with E-state index in [2.05, 4.69) is 5.16 Å². The van der Waals surface area contributed by atoms with E-state index in [0.29, 0.717) is 19.4 Å². The van der Waals surface area contributed by atoms with Gasteiger partial charge in [0.05, 0.1) is 6.61 Å². The van der Waals surface area contributed by atoms with Gasteiger partial charge in [-0.1, -0.05) is 5.16 Å². The number of ether oxygens (including phenoxy) is 1. The highest BCUT2D eigenvalue weighted by Gasteiger charge is 2.55. The molecule has 3 N–H and O–H groups in total. The van der Waals surface area contributed by atoms with Gasteiger partial charge in [0.1, 0.15) is 5.41 Å². The number of hydrogen-bond acceptors (Lipinski definition) is 4. The third-order valence-electron chi connectivity index (χ3n) is 2.01. The van der Waals surface area contributed by atoms with Crippen LogP contribution < -0.4 is 5.73 Å². The van der Waals surface area contributed by atoms with Gasteiger partial charge in [0.15, 0.2) is 5.84 Å². The van der Waals surface area contributed by atoms with Crippen molar-refractivity contribution >= 4 is 11.8 Å². The monoisotopic (exact) mass is 172 g/mol. The Balaban J connectivity index is 2.66. The summed E-state index contributed by atoms with van der Waals surface area (Å²) in [5.41, 5.74) is 4.53. The molecule has 0 aromatic heterocycles. The van der Waals surface area contributed by atoms with Gasteiger partial charge in [-0.15, -0.1) is 0 Å². The molecule has 0 spiro atoms. The van der Waals surface area contributed by atoms with Gasteiger partial charge in [-0.3, -0.25) is 4.79 Å². The number of amidine groups is 1. The largest absolute Gasteiger partial charge is 0.465 e. The zero-order valence-corrected chi connectivity index (χ0v) is 6.91. The molecule has 1 saturated carbocycles. The Hall–Kier alpha value is -1.26. The Labute approximate surface area is 70.2 Å². The number of carbonyl (C=O) groups excluding carboxylic acids is 1. The summed E-state index contributed by atoms with van der Waals surface area (Å²) in [5, 5.41) is 11.2. The third kappa shape index (κ3) is 1.22. The van der Waals surface area contributed by atoms with Gasteiger partial charge in [0.25, 0.3) is 0 Å². The Bertz CT molecular complexity index is 221. The summed E-state index contributed by atoms with van der Waals surface area (Å²) in [5.74, 6) is -0.429. The minimum absolute atomic E-state index is 0.0408. The molecule has 0 unspecified atom stereocenters. The van der Waals surface area contributed by atoms with E-state index in [9.17, 15) is 4.79 Å². The van der Waals surface area contributed by atoms with Crippen LogP contribution in [-0.4, -0.2) is 23.6 Å². The van der Waals surface area contributed by atoms with E-state index in [1.807, 2.05) is 0 Å². The van der Waals surface area contributed by atoms with E-state index in [4.69, 9.17) is 15.7 Å². The van der Waals surface area contributed by atoms with Crippen molar-refractivity contribution in [2.45, 2.75) is 19.8 Å². The van der Waals surface area contributed by atoms with E-state index in [-0.39, 0.29) is 11.8 Å². The number of hydrogen-bond donors (Lipinski definition) is 2. The van der Waals surface area contributed by atoms with Gasteiger partial charge < -0.3 is 15.7 Å². The van der Waals surface area contributed by atoms with Crippen molar-refractivity contribution in [3.8, 4) is 0 Å². The lowest BCUT2D eigenvalue weighted by Crippen LogP contribution is -2.33. The molecule has 0 radical (unpaired) electrons. The normalized spacial score (nSPS) is 20.2. The average Bonchev–Trinajstić information content (AvgIpc) is 2.84. The van der Waals surface area contributed by atoms with E-state index >= 15 is 0 Å². The lowest BCUT2D eigenvalue weighted by Gasteiger charge is -2.10. The van der Waals surface area contributed by atoms with Crippen LogP contribution in [0.3, 0.4) is 0 Å². The summed E-state index contributed by atoms with van der Waals surface area (Å²) in [6, 6.07) is 0. The summed E-state index contributed by atoms with van der Waals surface area (Å²) in [6.45, 7) is 2.04. The molecular weight excluding hydrogens is 160 g/mol. The molecule has 12 heavy (non-hydrogen) atoms. The number of carbonyl (C=O) groups is 1. The van der Waals surface area contributed by atoms with Crippen LogP contribution >= 0.6 is 0 Å². The minimum atomic E-state index is -0.815. The van der Waals surface area contributed by atoms with Crippen molar-refractivity contribution < 1.29 is 14.7 Å². The maximum absolute atomic E-state index is 11.2. The maximum Gasteiger partial charge on any atom is 0.319 e. The molecule has 0 saturated heterocycles. The Morgan fingerprint density at radius 2 is 2.33 bits per heavy atom. The summed E-state index contributed by atoms with van der Waals surface area (Å²) in [7, 11) is 0. The zero-order valence-electron chi connectivity index (χ0n) is 6.91. The molecule has 1 aliphatic carbocycles. The van der Waals surface area contributed by atoms with Crippen LogP contribution in [0.2, 0.25) is 0 Å². The van der Waals surface area contributed by atoms with E-state index in [0.717, 1.165) is 0 Å². The molecular formula is C7H12N2O3. The van der Waals surface area contributed by atoms with Crippen molar-refractivity contribution in [2.75, 3.05) is 6.61 Å². The van der Waals surface area contributed by atoms with Crippen LogP contribution in [0, 0.1) is 5.41 Å². The van der Waals surface area contributed by atoms with Crippen molar-refractivity contribution in [1.29, 1.82) is 0 Å². The second-order valence-electron chi connectivity index (χ2n) is 2.79. The van der Waals surface area contributed by atoms with E-state index in [1.165, 1.54) is 0 Å². The van der Waals surface area contributed by atoms with Crippen LogP contribution in [0.4, 0.5) is 0 Å². The van der Waals surface area contributed by atoms with Crippen molar-refractivity contribution in [3.63, 3.8) is 0 Å². The first-order chi connectivity index (χ1) is 5.67. The number of oxime groups is 1. The third-order valence-corrected chi connectivity index (χ3v) is 2.01. The fourth-order valence-corrected chi connectivity index (χ4v) is 1.05. The fraction of sp³-hybridized carbons (Fsp3) is 0.714. The topological polar surface area (TPSA) is 84.9 Å². The number of rotatable bonds is 3. The lowest BCUT2D eigenvalue weighted by atomic mass is 10.1. The summed E-state index contributed by atoms with van der Waals surface area (Å²) in [4.78, 5) is 11.2. The molecule has 0 atom stereocenters. The predicted molar refractivity (Wildman–Crippen MR) is 41.7 cm³/mol. The van der Waals surface area contributed by atoms with Crippen LogP contribution in [0.25, 0.3) is 0 Å². The Kier molecular flexibility index (Phi) is 2.21. The fourth-order valence-electron chi connectivity index (χ4n) is 1.05. The second-order valence-corrected chi connectivity index (χ2v) is 2.79. The first-order valence-electron chi connectivity index (χ1n) is 3.82. The zero-order chi connectivity index (χ0) is 9.19. The predicted octanol–water partition coefficient (Wildman–Crippen LogP) is 0.0761. The summed E-state index contributed by atoms with van der Waals surface area (Å²) >= 11 is 0. The van der Waals surface area contributed by atoms with E-state index < -0.39 is 5.41 Å². The molecule has 0 aromatic carbocycles. The highest BCUT2D eigenvalue weighted by Crippen LogP contribution is 2.46. The van der Waals surface area contributed by atoms with Gasteiger partial charge >= 0.3 is 5.97 Å². The van der Waals surface area contributed by atoms with Crippen molar-refractivity contribution in [2.24, 2.45) is 16.3 Å². The highest BCUT2D eigenvalue weighted by atomic mass is 16.5. The quantitative estimate of drug-likeness (QED) is 0.207. The molecule has 1 rings (SSSR count). The first-order valence-corrected chi connectivity index (χ1v) is 3.82. The summed E-state index contributed by atoms with van der Waals surface area (Å²) < 4.78 is 4.78. The van der Waals surface area contributed by atoms with Crippen molar-refractivity contribution in [1.82, 2.24) is 0 Å². The standard InChI is InChI=1S/C7H12N2O3/c1-2-12-6(10)7(3-4-7)5(8)9-11/h11H,2-4H2,1H3,(H2,8,9). The molecule has 0 amide bonds. The van der Waals surface area contributed by atoms with Gasteiger partial charge in [-0.05, 0) is 19.8 Å². The number of nitrogens with zero attached hydrogens (tertiary/aromatic N) is 1. The average molecular weight is 172 g/mol. The smallest absolute Gasteiger partial charge is 0.319 e.